The first kappa shape index (κ1) is 26.5. The zero-order valence-electron chi connectivity index (χ0n) is 17.2. The number of terminal acetylenes is 1. The summed E-state index contributed by atoms with van der Waals surface area (Å²) in [5, 5.41) is 0. The first-order chi connectivity index (χ1) is 12.6. The van der Waals surface area contributed by atoms with E-state index in [9.17, 15) is 9.59 Å². The van der Waals surface area contributed by atoms with Crippen LogP contribution in [-0.2, 0) is 19.1 Å². The van der Waals surface area contributed by atoms with E-state index < -0.39 is 5.60 Å². The fraction of sp³-hybridized carbons (Fsp3) is 0.727. The molecular formula is C22H38O4. The van der Waals surface area contributed by atoms with Gasteiger partial charge in [-0.25, -0.2) is 0 Å². The number of ether oxygens (including phenoxy) is 2. The Balaban J connectivity index is 0. The molecule has 1 rings (SSSR count). The van der Waals surface area contributed by atoms with Crippen molar-refractivity contribution in [3.63, 3.8) is 0 Å². The van der Waals surface area contributed by atoms with E-state index in [2.05, 4.69) is 24.7 Å². The summed E-state index contributed by atoms with van der Waals surface area (Å²) in [6, 6.07) is 0. The van der Waals surface area contributed by atoms with Crippen molar-refractivity contribution >= 4 is 12.6 Å². The normalized spacial score (nSPS) is 18.8. The molecule has 0 spiro atoms. The van der Waals surface area contributed by atoms with Crippen LogP contribution in [0.25, 0.3) is 0 Å². The molecule has 0 aromatic rings. The molecule has 0 radical (unpaired) electrons. The minimum absolute atomic E-state index is 0.324. The van der Waals surface area contributed by atoms with Gasteiger partial charge in [0, 0.05) is 12.8 Å². The molecule has 0 bridgehead atoms. The van der Waals surface area contributed by atoms with E-state index in [1.807, 2.05) is 20.0 Å². The predicted octanol–water partition coefficient (Wildman–Crippen LogP) is 5.45. The summed E-state index contributed by atoms with van der Waals surface area (Å²) >= 11 is 0. The smallest absolute Gasteiger partial charge is 0.173 e. The molecule has 0 aromatic heterocycles. The van der Waals surface area contributed by atoms with Crippen LogP contribution in [0.3, 0.4) is 0 Å². The predicted molar refractivity (Wildman–Crippen MR) is 108 cm³/mol. The molecule has 2 atom stereocenters. The van der Waals surface area contributed by atoms with E-state index in [1.165, 1.54) is 39.2 Å². The molecule has 4 nitrogen and oxygen atoms in total. The van der Waals surface area contributed by atoms with Crippen LogP contribution in [0.4, 0.5) is 0 Å². The standard InChI is InChI=1S/C17H28O3.C3H4O.C2H6/c1-3-4-5-6-7-8-9-10-16(13-18)17(14-19)12-11-15(2)20-17;1-3-4-2;1-2/h13-14,16H,2-12H2,1H3;1H,2H3;1-2H3. The summed E-state index contributed by atoms with van der Waals surface area (Å²) in [6.45, 7) is 9.97. The summed E-state index contributed by atoms with van der Waals surface area (Å²) in [6.07, 6.45) is 18.7. The van der Waals surface area contributed by atoms with Gasteiger partial charge in [-0.05, 0) is 6.42 Å². The van der Waals surface area contributed by atoms with Gasteiger partial charge < -0.3 is 14.3 Å². The lowest BCUT2D eigenvalue weighted by Crippen LogP contribution is -2.39. The summed E-state index contributed by atoms with van der Waals surface area (Å²) in [5.74, 6) is 0.304. The highest BCUT2D eigenvalue weighted by molar-refractivity contribution is 5.72. The van der Waals surface area contributed by atoms with Crippen LogP contribution >= 0.6 is 0 Å². The molecular weight excluding hydrogens is 328 g/mol. The number of aldehydes is 2. The minimum Gasteiger partial charge on any atom is -0.484 e. The number of carbonyl (C=O) groups is 2. The van der Waals surface area contributed by atoms with Gasteiger partial charge in [-0.3, -0.25) is 4.79 Å². The van der Waals surface area contributed by atoms with Crippen LogP contribution in [-0.4, -0.2) is 25.3 Å². The molecule has 1 aliphatic rings. The average Bonchev–Trinajstić information content (AvgIpc) is 3.08. The molecule has 0 N–H and O–H groups in total. The maximum atomic E-state index is 11.4. The number of allylic oxidation sites excluding steroid dienone is 1. The lowest BCUT2D eigenvalue weighted by Gasteiger charge is -2.28. The molecule has 26 heavy (non-hydrogen) atoms. The second-order valence-corrected chi connectivity index (χ2v) is 6.19. The molecule has 1 saturated heterocycles. The van der Waals surface area contributed by atoms with Crippen LogP contribution in [0, 0.1) is 18.4 Å². The topological polar surface area (TPSA) is 52.6 Å². The third-order valence-electron chi connectivity index (χ3n) is 4.36. The van der Waals surface area contributed by atoms with Crippen molar-refractivity contribution in [2.75, 3.05) is 7.11 Å². The van der Waals surface area contributed by atoms with Gasteiger partial charge in [0.2, 0.25) is 0 Å². The van der Waals surface area contributed by atoms with E-state index >= 15 is 0 Å². The maximum Gasteiger partial charge on any atom is 0.173 e. The molecule has 0 aliphatic carbocycles. The zero-order chi connectivity index (χ0) is 20.3. The highest BCUT2D eigenvalue weighted by Crippen LogP contribution is 2.37. The van der Waals surface area contributed by atoms with Gasteiger partial charge >= 0.3 is 0 Å². The Morgan fingerprint density at radius 1 is 1.23 bits per heavy atom. The number of carbonyl (C=O) groups excluding carboxylic acids is 2. The Morgan fingerprint density at radius 3 is 2.15 bits per heavy atom. The van der Waals surface area contributed by atoms with Crippen molar-refractivity contribution in [3.8, 4) is 12.5 Å². The number of hydrogen-bond donors (Lipinski definition) is 0. The van der Waals surface area contributed by atoms with Crippen molar-refractivity contribution in [2.24, 2.45) is 5.92 Å². The maximum absolute atomic E-state index is 11.4. The molecule has 0 aromatic carbocycles. The monoisotopic (exact) mass is 366 g/mol. The van der Waals surface area contributed by atoms with Crippen molar-refractivity contribution < 1.29 is 19.1 Å². The van der Waals surface area contributed by atoms with Crippen LogP contribution in [0.15, 0.2) is 12.3 Å². The second kappa shape index (κ2) is 18.0. The molecule has 1 heterocycles. The van der Waals surface area contributed by atoms with E-state index in [0.29, 0.717) is 18.6 Å². The van der Waals surface area contributed by atoms with E-state index in [0.717, 1.165) is 31.8 Å². The molecule has 0 amide bonds. The minimum atomic E-state index is -0.930. The zero-order valence-corrected chi connectivity index (χ0v) is 17.2. The molecule has 150 valence electrons. The highest BCUT2D eigenvalue weighted by atomic mass is 16.5. The lowest BCUT2D eigenvalue weighted by molar-refractivity contribution is -0.135. The van der Waals surface area contributed by atoms with Crippen molar-refractivity contribution in [1.82, 2.24) is 0 Å². The summed E-state index contributed by atoms with van der Waals surface area (Å²) in [7, 11) is 1.44. The quantitative estimate of drug-likeness (QED) is 0.277. The van der Waals surface area contributed by atoms with Crippen molar-refractivity contribution in [2.45, 2.75) is 90.6 Å². The number of unbranched alkanes of at least 4 members (excludes halogenated alkanes) is 6. The SMILES string of the molecule is C#COC.C=C1CCC(C=O)(C(C=O)CCCCCCCCC)O1.CC. The van der Waals surface area contributed by atoms with Gasteiger partial charge in [-0.2, -0.15) is 0 Å². The van der Waals surface area contributed by atoms with Crippen LogP contribution in [0.2, 0.25) is 0 Å². The third kappa shape index (κ3) is 11.0. The fourth-order valence-corrected chi connectivity index (χ4v) is 2.89. The van der Waals surface area contributed by atoms with Gasteiger partial charge in [0.15, 0.2) is 11.9 Å². The molecule has 1 fully saturated rings. The summed E-state index contributed by atoms with van der Waals surface area (Å²) < 4.78 is 9.64. The first-order valence-electron chi connectivity index (χ1n) is 9.87. The third-order valence-corrected chi connectivity index (χ3v) is 4.36. The number of methoxy groups -OCH3 is 1. The Kier molecular flexibility index (Phi) is 18.4. The van der Waals surface area contributed by atoms with E-state index in [1.54, 1.807) is 0 Å². The van der Waals surface area contributed by atoms with E-state index in [4.69, 9.17) is 4.74 Å². The van der Waals surface area contributed by atoms with Gasteiger partial charge in [-0.15, -0.1) is 0 Å². The van der Waals surface area contributed by atoms with Gasteiger partial charge in [0.25, 0.3) is 0 Å². The average molecular weight is 367 g/mol. The number of rotatable bonds is 11. The van der Waals surface area contributed by atoms with Crippen LogP contribution < -0.4 is 0 Å². The molecule has 0 saturated carbocycles. The molecule has 1 aliphatic heterocycles. The summed E-state index contributed by atoms with van der Waals surface area (Å²) in [5.41, 5.74) is -0.930. The van der Waals surface area contributed by atoms with Crippen LogP contribution in [0.1, 0.15) is 85.0 Å². The molecule has 4 heteroatoms. The first-order valence-corrected chi connectivity index (χ1v) is 9.87. The number of hydrogen-bond acceptors (Lipinski definition) is 4. The molecule has 2 unspecified atom stereocenters. The Bertz CT molecular complexity index is 411. The Morgan fingerprint density at radius 2 is 1.77 bits per heavy atom. The highest BCUT2D eigenvalue weighted by Gasteiger charge is 2.44. The van der Waals surface area contributed by atoms with Crippen molar-refractivity contribution in [3.05, 3.63) is 12.3 Å². The fourth-order valence-electron chi connectivity index (χ4n) is 2.89. The largest absolute Gasteiger partial charge is 0.484 e. The Hall–Kier alpha value is -1.76. The van der Waals surface area contributed by atoms with E-state index in [-0.39, 0.29) is 5.92 Å². The second-order valence-electron chi connectivity index (χ2n) is 6.19. The van der Waals surface area contributed by atoms with Crippen LogP contribution in [0.5, 0.6) is 0 Å². The Labute approximate surface area is 160 Å². The van der Waals surface area contributed by atoms with Gasteiger partial charge in [-0.1, -0.05) is 78.7 Å². The lowest BCUT2D eigenvalue weighted by atomic mass is 9.83. The summed E-state index contributed by atoms with van der Waals surface area (Å²) in [4.78, 5) is 22.7. The van der Waals surface area contributed by atoms with Gasteiger partial charge in [0.05, 0.1) is 18.8 Å². The van der Waals surface area contributed by atoms with Crippen molar-refractivity contribution in [1.29, 1.82) is 0 Å². The van der Waals surface area contributed by atoms with Gasteiger partial charge in [0.1, 0.15) is 12.4 Å².